The number of hydrogen-bond acceptors (Lipinski definition) is 3. The van der Waals surface area contributed by atoms with Crippen molar-refractivity contribution in [2.75, 3.05) is 31.5 Å². The van der Waals surface area contributed by atoms with Crippen LogP contribution in [0.4, 0.5) is 5.69 Å². The monoisotopic (exact) mass is 405 g/mol. The largest absolute Gasteiger partial charge is 0.336 e. The van der Waals surface area contributed by atoms with Crippen LogP contribution in [-0.2, 0) is 4.79 Å². The van der Waals surface area contributed by atoms with Gasteiger partial charge in [-0.2, -0.15) is 0 Å². The van der Waals surface area contributed by atoms with Crippen LogP contribution in [0.15, 0.2) is 48.5 Å². The average molecular weight is 406 g/mol. The van der Waals surface area contributed by atoms with E-state index in [0.717, 1.165) is 0 Å². The minimum absolute atomic E-state index is 0.0281. The first-order chi connectivity index (χ1) is 13.0. The number of nitrogens with one attached hydrogen (secondary N) is 1. The topological polar surface area (TPSA) is 52.7 Å². The molecule has 0 spiro atoms. The Bertz CT molecular complexity index is 821. The maximum absolute atomic E-state index is 12.6. The van der Waals surface area contributed by atoms with E-state index in [4.69, 9.17) is 23.2 Å². The Balaban J connectivity index is 1.55. The van der Waals surface area contributed by atoms with Gasteiger partial charge < -0.3 is 10.2 Å². The highest BCUT2D eigenvalue weighted by Crippen LogP contribution is 2.25. The molecule has 1 aliphatic heterocycles. The van der Waals surface area contributed by atoms with Crippen LogP contribution in [0.5, 0.6) is 0 Å². The quantitative estimate of drug-likeness (QED) is 0.841. The maximum atomic E-state index is 12.6. The molecule has 0 bridgehead atoms. The van der Waals surface area contributed by atoms with Gasteiger partial charge in [0, 0.05) is 36.8 Å². The third-order valence-corrected chi connectivity index (χ3v) is 5.29. The lowest BCUT2D eigenvalue weighted by atomic mass is 10.1. The number of amides is 2. The molecule has 2 amide bonds. The summed E-state index contributed by atoms with van der Waals surface area (Å²) in [5, 5.41) is 3.77. The van der Waals surface area contributed by atoms with Crippen molar-refractivity contribution in [2.24, 2.45) is 0 Å². The molecule has 2 aromatic rings. The van der Waals surface area contributed by atoms with E-state index < -0.39 is 0 Å². The van der Waals surface area contributed by atoms with Gasteiger partial charge in [0.2, 0.25) is 5.91 Å². The number of halogens is 2. The molecule has 1 N–H and O–H groups in total. The average Bonchev–Trinajstić information content (AvgIpc) is 2.69. The van der Waals surface area contributed by atoms with Crippen LogP contribution < -0.4 is 5.32 Å². The van der Waals surface area contributed by atoms with Crippen LogP contribution >= 0.6 is 23.2 Å². The highest BCUT2D eigenvalue weighted by atomic mass is 35.5. The summed E-state index contributed by atoms with van der Waals surface area (Å²) < 4.78 is 0. The Hall–Kier alpha value is -2.08. The molecule has 0 saturated carbocycles. The number of carbonyl (C=O) groups excluding carboxylic acids is 2. The van der Waals surface area contributed by atoms with Crippen molar-refractivity contribution in [1.82, 2.24) is 9.80 Å². The first-order valence-corrected chi connectivity index (χ1v) is 9.55. The number of hydrogen-bond donors (Lipinski definition) is 1. The zero-order valence-electron chi connectivity index (χ0n) is 15.0. The van der Waals surface area contributed by atoms with Crippen molar-refractivity contribution >= 4 is 40.7 Å². The van der Waals surface area contributed by atoms with Crippen molar-refractivity contribution in [3.05, 3.63) is 64.1 Å². The normalized spacial score (nSPS) is 16.0. The van der Waals surface area contributed by atoms with E-state index in [9.17, 15) is 9.59 Å². The Morgan fingerprint density at radius 3 is 2.30 bits per heavy atom. The molecule has 1 atom stereocenters. The minimum Gasteiger partial charge on any atom is -0.336 e. The van der Waals surface area contributed by atoms with Gasteiger partial charge in [-0.15, -0.1) is 0 Å². The molecule has 27 heavy (non-hydrogen) atoms. The zero-order chi connectivity index (χ0) is 19.4. The summed E-state index contributed by atoms with van der Waals surface area (Å²) in [5.41, 5.74) is 1.23. The number of rotatable bonds is 4. The van der Waals surface area contributed by atoms with Crippen molar-refractivity contribution in [1.29, 1.82) is 0 Å². The van der Waals surface area contributed by atoms with Crippen LogP contribution in [-0.4, -0.2) is 53.8 Å². The third kappa shape index (κ3) is 4.80. The van der Waals surface area contributed by atoms with Crippen LogP contribution in [0.1, 0.15) is 17.3 Å². The molecule has 1 heterocycles. The summed E-state index contributed by atoms with van der Waals surface area (Å²) in [6.45, 7) is 4.32. The molecular weight excluding hydrogens is 385 g/mol. The Kier molecular flexibility index (Phi) is 6.37. The van der Waals surface area contributed by atoms with E-state index in [2.05, 4.69) is 10.2 Å². The molecule has 0 radical (unpaired) electrons. The third-order valence-electron chi connectivity index (χ3n) is 4.74. The second-order valence-corrected chi connectivity index (χ2v) is 7.33. The summed E-state index contributed by atoms with van der Waals surface area (Å²) >= 11 is 12.0. The molecular formula is C20H21Cl2N3O2. The van der Waals surface area contributed by atoms with Crippen molar-refractivity contribution in [3.63, 3.8) is 0 Å². The molecule has 1 unspecified atom stereocenters. The van der Waals surface area contributed by atoms with Gasteiger partial charge in [0.05, 0.1) is 16.8 Å². The second kappa shape index (κ2) is 8.74. The van der Waals surface area contributed by atoms with E-state index in [1.54, 1.807) is 18.2 Å². The summed E-state index contributed by atoms with van der Waals surface area (Å²) in [6.07, 6.45) is 0. The van der Waals surface area contributed by atoms with Gasteiger partial charge in [-0.25, -0.2) is 0 Å². The molecule has 7 heteroatoms. The fourth-order valence-corrected chi connectivity index (χ4v) is 3.53. The SMILES string of the molecule is CC(C(=O)Nc1ccc(Cl)cc1Cl)N1CCN(C(=O)c2ccccc2)CC1. The van der Waals surface area contributed by atoms with E-state index in [0.29, 0.717) is 47.5 Å². The van der Waals surface area contributed by atoms with Crippen LogP contribution in [0.2, 0.25) is 10.0 Å². The lowest BCUT2D eigenvalue weighted by Gasteiger charge is -2.37. The van der Waals surface area contributed by atoms with Gasteiger partial charge in [0.15, 0.2) is 0 Å². The minimum atomic E-state index is -0.328. The Labute approximate surface area is 168 Å². The smallest absolute Gasteiger partial charge is 0.253 e. The molecule has 1 saturated heterocycles. The van der Waals surface area contributed by atoms with Gasteiger partial charge in [0.25, 0.3) is 5.91 Å². The first-order valence-electron chi connectivity index (χ1n) is 8.80. The fourth-order valence-electron chi connectivity index (χ4n) is 3.07. The number of piperazine rings is 1. The zero-order valence-corrected chi connectivity index (χ0v) is 16.5. The van der Waals surface area contributed by atoms with E-state index in [1.807, 2.05) is 42.2 Å². The number of benzene rings is 2. The fraction of sp³-hybridized carbons (Fsp3) is 0.300. The lowest BCUT2D eigenvalue weighted by Crippen LogP contribution is -2.54. The van der Waals surface area contributed by atoms with Crippen LogP contribution in [0.25, 0.3) is 0 Å². The lowest BCUT2D eigenvalue weighted by molar-refractivity contribution is -0.121. The second-order valence-electron chi connectivity index (χ2n) is 6.48. The summed E-state index contributed by atoms with van der Waals surface area (Å²) in [6, 6.07) is 13.9. The van der Waals surface area contributed by atoms with Gasteiger partial charge >= 0.3 is 0 Å². The maximum Gasteiger partial charge on any atom is 0.253 e. The van der Waals surface area contributed by atoms with Gasteiger partial charge in [-0.3, -0.25) is 14.5 Å². The number of nitrogens with zero attached hydrogens (tertiary/aromatic N) is 2. The van der Waals surface area contributed by atoms with Gasteiger partial charge in [-0.1, -0.05) is 41.4 Å². The summed E-state index contributed by atoms with van der Waals surface area (Å²) in [7, 11) is 0. The molecule has 2 aromatic carbocycles. The van der Waals surface area contributed by atoms with E-state index >= 15 is 0 Å². The standard InChI is InChI=1S/C20H21Cl2N3O2/c1-14(19(26)23-18-8-7-16(21)13-17(18)22)24-9-11-25(12-10-24)20(27)15-5-3-2-4-6-15/h2-8,13-14H,9-12H2,1H3,(H,23,26). The van der Waals surface area contributed by atoms with E-state index in [1.165, 1.54) is 0 Å². The van der Waals surface area contributed by atoms with Crippen LogP contribution in [0, 0.1) is 0 Å². The highest BCUT2D eigenvalue weighted by Gasteiger charge is 2.28. The highest BCUT2D eigenvalue weighted by molar-refractivity contribution is 6.36. The molecule has 3 rings (SSSR count). The number of carbonyl (C=O) groups is 2. The van der Waals surface area contributed by atoms with Crippen LogP contribution in [0.3, 0.4) is 0 Å². The predicted octanol–water partition coefficient (Wildman–Crippen LogP) is 3.78. The molecule has 0 aliphatic carbocycles. The molecule has 1 fully saturated rings. The van der Waals surface area contributed by atoms with E-state index in [-0.39, 0.29) is 17.9 Å². The summed E-state index contributed by atoms with van der Waals surface area (Å²) in [5.74, 6) is -0.109. The van der Waals surface area contributed by atoms with Crippen molar-refractivity contribution in [2.45, 2.75) is 13.0 Å². The Morgan fingerprint density at radius 2 is 1.67 bits per heavy atom. The van der Waals surface area contributed by atoms with Gasteiger partial charge in [0.1, 0.15) is 0 Å². The number of anilines is 1. The van der Waals surface area contributed by atoms with Crippen molar-refractivity contribution < 1.29 is 9.59 Å². The predicted molar refractivity (Wildman–Crippen MR) is 108 cm³/mol. The molecule has 1 aliphatic rings. The molecule has 0 aromatic heterocycles. The van der Waals surface area contributed by atoms with Crippen molar-refractivity contribution in [3.8, 4) is 0 Å². The summed E-state index contributed by atoms with van der Waals surface area (Å²) in [4.78, 5) is 29.0. The molecule has 5 nitrogen and oxygen atoms in total. The van der Waals surface area contributed by atoms with Gasteiger partial charge in [-0.05, 0) is 37.3 Å². The molecule has 142 valence electrons. The Morgan fingerprint density at radius 1 is 1.00 bits per heavy atom. The first kappa shape index (κ1) is 19.7.